The number of carbonyl (C=O) groups excluding carboxylic acids is 2. The summed E-state index contributed by atoms with van der Waals surface area (Å²) in [6.07, 6.45) is 1.69. The van der Waals surface area contributed by atoms with Crippen molar-refractivity contribution in [1.29, 1.82) is 0 Å². The maximum Gasteiger partial charge on any atom is 0.250 e. The fourth-order valence-corrected chi connectivity index (χ4v) is 5.69. The number of benzene rings is 2. The summed E-state index contributed by atoms with van der Waals surface area (Å²) in [7, 11) is 0. The number of anilines is 1. The van der Waals surface area contributed by atoms with E-state index in [9.17, 15) is 9.59 Å². The van der Waals surface area contributed by atoms with Gasteiger partial charge in [0.05, 0.1) is 10.7 Å². The smallest absolute Gasteiger partial charge is 0.250 e. The highest BCUT2D eigenvalue weighted by molar-refractivity contribution is 7.10. The zero-order valence-electron chi connectivity index (χ0n) is 20.5. The van der Waals surface area contributed by atoms with Gasteiger partial charge in [0.2, 0.25) is 11.8 Å². The molecule has 2 aromatic carbocycles. The molecular formula is C27H28ClN3O5S. The number of nitrogens with zero attached hydrogens (tertiary/aromatic N) is 2. The number of rotatable bonds is 7. The molecule has 0 radical (unpaired) electrons. The van der Waals surface area contributed by atoms with Gasteiger partial charge in [0.15, 0.2) is 11.5 Å². The van der Waals surface area contributed by atoms with Crippen LogP contribution in [0.1, 0.15) is 29.3 Å². The van der Waals surface area contributed by atoms with Crippen molar-refractivity contribution in [2.24, 2.45) is 0 Å². The number of thiazole rings is 1. The van der Waals surface area contributed by atoms with Crippen LogP contribution in [0.4, 0.5) is 5.69 Å². The van der Waals surface area contributed by atoms with Crippen LogP contribution in [0.15, 0.2) is 41.8 Å². The maximum absolute atomic E-state index is 12.6. The predicted molar refractivity (Wildman–Crippen MR) is 143 cm³/mol. The Bertz CT molecular complexity index is 1290. The largest absolute Gasteiger partial charge is 0.486 e. The molecule has 1 saturated heterocycles. The lowest BCUT2D eigenvalue weighted by Crippen LogP contribution is -2.40. The number of halogens is 1. The minimum atomic E-state index is -0.311. The van der Waals surface area contributed by atoms with E-state index < -0.39 is 0 Å². The van der Waals surface area contributed by atoms with Gasteiger partial charge in [-0.15, -0.1) is 11.3 Å². The van der Waals surface area contributed by atoms with Gasteiger partial charge in [-0.2, -0.15) is 0 Å². The number of carbonyl (C=O) groups is 2. The standard InChI is InChI=1S/C27H28ClN3O5S/c1-17-12-20(28)3-4-21(17)29-25(32)14-34-15-26(33)31-8-6-18(7-9-31)27-30-22(16-37-27)19-2-5-23-24(13-19)36-11-10-35-23/h2-5,12-13,16,18H,6-11,14-15H2,1H3,(H,29,32). The van der Waals surface area contributed by atoms with Gasteiger partial charge < -0.3 is 24.4 Å². The monoisotopic (exact) mass is 541 g/mol. The van der Waals surface area contributed by atoms with E-state index >= 15 is 0 Å². The van der Waals surface area contributed by atoms with Gasteiger partial charge in [-0.25, -0.2) is 4.98 Å². The Labute approximate surface area is 224 Å². The van der Waals surface area contributed by atoms with Crippen LogP contribution < -0.4 is 14.8 Å². The van der Waals surface area contributed by atoms with Crippen molar-refractivity contribution in [2.45, 2.75) is 25.7 Å². The third-order valence-corrected chi connectivity index (χ3v) is 7.72. The van der Waals surface area contributed by atoms with Crippen LogP contribution in [0.2, 0.25) is 5.02 Å². The lowest BCUT2D eigenvalue weighted by atomic mass is 9.97. The average molecular weight is 542 g/mol. The Balaban J connectivity index is 1.07. The average Bonchev–Trinajstić information content (AvgIpc) is 3.40. The molecule has 5 rings (SSSR count). The minimum Gasteiger partial charge on any atom is -0.486 e. The van der Waals surface area contributed by atoms with Gasteiger partial charge in [-0.05, 0) is 61.7 Å². The highest BCUT2D eigenvalue weighted by Gasteiger charge is 2.26. The summed E-state index contributed by atoms with van der Waals surface area (Å²) in [6.45, 7) is 3.96. The first kappa shape index (κ1) is 25.5. The Morgan fingerprint density at radius 2 is 1.89 bits per heavy atom. The minimum absolute atomic E-state index is 0.106. The van der Waals surface area contributed by atoms with Crippen molar-refractivity contribution < 1.29 is 23.8 Å². The van der Waals surface area contributed by atoms with Gasteiger partial charge in [-0.1, -0.05) is 11.6 Å². The molecule has 0 unspecified atom stereocenters. The van der Waals surface area contributed by atoms with E-state index in [0.717, 1.165) is 46.2 Å². The van der Waals surface area contributed by atoms with Crippen LogP contribution in [-0.2, 0) is 14.3 Å². The second-order valence-electron chi connectivity index (χ2n) is 9.08. The summed E-state index contributed by atoms with van der Waals surface area (Å²) in [5, 5.41) is 6.54. The van der Waals surface area contributed by atoms with E-state index in [2.05, 4.69) is 10.7 Å². The quantitative estimate of drug-likeness (QED) is 0.457. The molecule has 194 valence electrons. The number of hydrogen-bond acceptors (Lipinski definition) is 7. The number of fused-ring (bicyclic) bond motifs is 1. The second kappa shape index (κ2) is 11.5. The number of hydrogen-bond donors (Lipinski definition) is 1. The highest BCUT2D eigenvalue weighted by Crippen LogP contribution is 2.37. The number of piperidine rings is 1. The topological polar surface area (TPSA) is 90.0 Å². The molecular weight excluding hydrogens is 514 g/mol. The van der Waals surface area contributed by atoms with Gasteiger partial charge in [0.1, 0.15) is 26.4 Å². The van der Waals surface area contributed by atoms with Crippen LogP contribution in [0.5, 0.6) is 11.5 Å². The van der Waals surface area contributed by atoms with Crippen molar-refractivity contribution in [3.05, 3.63) is 57.4 Å². The number of likely N-dealkylation sites (tertiary alicyclic amines) is 1. The third kappa shape index (κ3) is 6.23. The Morgan fingerprint density at radius 1 is 1.11 bits per heavy atom. The molecule has 0 bridgehead atoms. The molecule has 10 heteroatoms. The van der Waals surface area contributed by atoms with E-state index in [1.165, 1.54) is 0 Å². The van der Waals surface area contributed by atoms with Crippen molar-refractivity contribution in [1.82, 2.24) is 9.88 Å². The number of ether oxygens (including phenoxy) is 3. The van der Waals surface area contributed by atoms with Crippen LogP contribution in [0, 0.1) is 6.92 Å². The zero-order valence-corrected chi connectivity index (χ0v) is 22.1. The molecule has 2 aliphatic heterocycles. The third-order valence-electron chi connectivity index (χ3n) is 6.48. The van der Waals surface area contributed by atoms with Gasteiger partial charge in [0, 0.05) is 40.7 Å². The normalized spacial score (nSPS) is 15.5. The molecule has 0 aliphatic carbocycles. The number of nitrogens with one attached hydrogen (secondary N) is 1. The van der Waals surface area contributed by atoms with Crippen LogP contribution in [-0.4, -0.2) is 61.2 Å². The molecule has 3 aromatic rings. The van der Waals surface area contributed by atoms with E-state index in [1.807, 2.05) is 25.1 Å². The summed E-state index contributed by atoms with van der Waals surface area (Å²) in [5.41, 5.74) is 3.46. The predicted octanol–water partition coefficient (Wildman–Crippen LogP) is 4.90. The number of amides is 2. The van der Waals surface area contributed by atoms with Crippen molar-refractivity contribution in [2.75, 3.05) is 44.8 Å². The summed E-state index contributed by atoms with van der Waals surface area (Å²) in [5.74, 6) is 1.42. The summed E-state index contributed by atoms with van der Waals surface area (Å²) in [6, 6.07) is 11.1. The van der Waals surface area contributed by atoms with Crippen LogP contribution in [0.3, 0.4) is 0 Å². The fraction of sp³-hybridized carbons (Fsp3) is 0.370. The van der Waals surface area contributed by atoms with Crippen LogP contribution >= 0.6 is 22.9 Å². The summed E-state index contributed by atoms with van der Waals surface area (Å²) >= 11 is 7.60. The van der Waals surface area contributed by atoms with Crippen molar-refractivity contribution in [3.63, 3.8) is 0 Å². The highest BCUT2D eigenvalue weighted by atomic mass is 35.5. The van der Waals surface area contributed by atoms with E-state index in [0.29, 0.717) is 42.9 Å². The lowest BCUT2D eigenvalue weighted by molar-refractivity contribution is -0.138. The van der Waals surface area contributed by atoms with Crippen LogP contribution in [0.25, 0.3) is 11.3 Å². The molecule has 1 N–H and O–H groups in total. The Kier molecular flexibility index (Phi) is 7.93. The van der Waals surface area contributed by atoms with E-state index in [-0.39, 0.29) is 25.0 Å². The lowest BCUT2D eigenvalue weighted by Gasteiger charge is -2.31. The molecule has 2 aliphatic rings. The molecule has 1 aromatic heterocycles. The summed E-state index contributed by atoms with van der Waals surface area (Å²) < 4.78 is 16.7. The fourth-order valence-electron chi connectivity index (χ4n) is 4.46. The molecule has 1 fully saturated rings. The first-order valence-corrected chi connectivity index (χ1v) is 13.5. The number of aryl methyl sites for hydroxylation is 1. The first-order valence-electron chi connectivity index (χ1n) is 12.2. The molecule has 8 nitrogen and oxygen atoms in total. The molecule has 2 amide bonds. The second-order valence-corrected chi connectivity index (χ2v) is 10.4. The van der Waals surface area contributed by atoms with Gasteiger partial charge >= 0.3 is 0 Å². The summed E-state index contributed by atoms with van der Waals surface area (Å²) in [4.78, 5) is 31.4. The van der Waals surface area contributed by atoms with Crippen molar-refractivity contribution >= 4 is 40.4 Å². The Hall–Kier alpha value is -3.14. The molecule has 0 saturated carbocycles. The van der Waals surface area contributed by atoms with Gasteiger partial charge in [0.25, 0.3) is 0 Å². The molecule has 0 spiro atoms. The van der Waals surface area contributed by atoms with Gasteiger partial charge in [-0.3, -0.25) is 9.59 Å². The number of aromatic nitrogens is 1. The maximum atomic E-state index is 12.6. The zero-order chi connectivity index (χ0) is 25.8. The molecule has 3 heterocycles. The van der Waals surface area contributed by atoms with Crippen molar-refractivity contribution in [3.8, 4) is 22.8 Å². The van der Waals surface area contributed by atoms with E-state index in [4.69, 9.17) is 30.8 Å². The molecule has 37 heavy (non-hydrogen) atoms. The Morgan fingerprint density at radius 3 is 2.68 bits per heavy atom. The molecule has 0 atom stereocenters. The van der Waals surface area contributed by atoms with E-state index in [1.54, 1.807) is 34.4 Å². The first-order chi connectivity index (χ1) is 18.0. The SMILES string of the molecule is Cc1cc(Cl)ccc1NC(=O)COCC(=O)N1CCC(c2nc(-c3ccc4c(c3)OCCO4)cs2)CC1.